The lowest BCUT2D eigenvalue weighted by Crippen LogP contribution is -2.50. The van der Waals surface area contributed by atoms with Crippen LogP contribution in [0.25, 0.3) is 6.08 Å². The van der Waals surface area contributed by atoms with Crippen LogP contribution in [0.4, 0.5) is 0 Å². The van der Waals surface area contributed by atoms with Crippen molar-refractivity contribution < 1.29 is 29.4 Å². The molecule has 1 aliphatic rings. The maximum atomic E-state index is 12.5. The maximum absolute atomic E-state index is 12.5. The molecule has 1 atom stereocenters. The van der Waals surface area contributed by atoms with E-state index in [0.29, 0.717) is 17.4 Å². The molecule has 7 nitrogen and oxygen atoms in total. The molecule has 1 aromatic rings. The zero-order chi connectivity index (χ0) is 18.6. The van der Waals surface area contributed by atoms with Gasteiger partial charge >= 0.3 is 0 Å². The highest BCUT2D eigenvalue weighted by Crippen LogP contribution is 2.34. The van der Waals surface area contributed by atoms with E-state index < -0.39 is 30.3 Å². The molecule has 1 aromatic carbocycles. The van der Waals surface area contributed by atoms with Crippen LogP contribution in [0.15, 0.2) is 29.2 Å². The van der Waals surface area contributed by atoms with Crippen LogP contribution in [0.5, 0.6) is 0 Å². The Morgan fingerprint density at radius 3 is 2.32 bits per heavy atom. The summed E-state index contributed by atoms with van der Waals surface area (Å²) in [5.74, 6) is -3.65. The monoisotopic (exact) mass is 377 g/mol. The molecule has 0 spiro atoms. The topological polar surface area (TPSA) is 118 Å². The summed E-state index contributed by atoms with van der Waals surface area (Å²) in [5, 5.41) is 21.8. The number of hydrogen-bond acceptors (Lipinski definition) is 8. The van der Waals surface area contributed by atoms with Gasteiger partial charge in [-0.05, 0) is 24.5 Å². The number of carbonyl (C=O) groups excluding carboxylic acids is 4. The number of aldehydes is 1. The van der Waals surface area contributed by atoms with Crippen molar-refractivity contribution in [3.05, 3.63) is 40.3 Å². The summed E-state index contributed by atoms with van der Waals surface area (Å²) in [6.45, 7) is 0. The quantitative estimate of drug-likeness (QED) is 0.349. The molecule has 0 unspecified atom stereocenters. The Labute approximate surface area is 152 Å². The standard InChI is InChI=1S/C16H13NO6S2/c18-8-10-3-1-9(2-4-10)7-12-14(21)17(16(24)25-12)11(15(22)23)5-6-13(19)20/h1-4,7-8,11H,5-6H2,(H,19,20)(H,22,23)/p-2/b12-7-/t11-/m1/s1. The van der Waals surface area contributed by atoms with Crippen LogP contribution < -0.4 is 10.2 Å². The van der Waals surface area contributed by atoms with Crippen molar-refractivity contribution in [1.82, 2.24) is 4.90 Å². The van der Waals surface area contributed by atoms with Crippen LogP contribution in [0.2, 0.25) is 0 Å². The molecule has 0 aliphatic carbocycles. The fraction of sp³-hybridized carbons (Fsp3) is 0.188. The number of aliphatic carboxylic acids is 2. The lowest BCUT2D eigenvalue weighted by Gasteiger charge is -2.27. The van der Waals surface area contributed by atoms with Gasteiger partial charge in [-0.2, -0.15) is 0 Å². The second-order valence-corrected chi connectivity index (χ2v) is 6.76. The van der Waals surface area contributed by atoms with Gasteiger partial charge in [0, 0.05) is 11.5 Å². The average Bonchev–Trinajstić information content (AvgIpc) is 2.83. The summed E-state index contributed by atoms with van der Waals surface area (Å²) in [5.41, 5.74) is 1.11. The van der Waals surface area contributed by atoms with E-state index in [4.69, 9.17) is 12.2 Å². The van der Waals surface area contributed by atoms with E-state index in [1.165, 1.54) is 6.08 Å². The molecule has 25 heavy (non-hydrogen) atoms. The van der Waals surface area contributed by atoms with Gasteiger partial charge in [0.2, 0.25) is 0 Å². The first-order valence-electron chi connectivity index (χ1n) is 7.06. The van der Waals surface area contributed by atoms with E-state index in [9.17, 15) is 29.4 Å². The van der Waals surface area contributed by atoms with Crippen LogP contribution in [0, 0.1) is 0 Å². The van der Waals surface area contributed by atoms with Gasteiger partial charge in [-0.15, -0.1) is 0 Å². The normalized spacial score (nSPS) is 17.0. The Bertz CT molecular complexity index is 771. The lowest BCUT2D eigenvalue weighted by atomic mass is 10.1. The summed E-state index contributed by atoms with van der Waals surface area (Å²) in [7, 11) is 0. The minimum Gasteiger partial charge on any atom is -0.550 e. The fourth-order valence-electron chi connectivity index (χ4n) is 2.18. The molecular formula is C16H11NO6S2-2. The summed E-state index contributed by atoms with van der Waals surface area (Å²) < 4.78 is 0.00769. The Morgan fingerprint density at radius 2 is 1.80 bits per heavy atom. The third-order valence-corrected chi connectivity index (χ3v) is 4.73. The van der Waals surface area contributed by atoms with Gasteiger partial charge in [-0.1, -0.05) is 48.2 Å². The van der Waals surface area contributed by atoms with Crippen molar-refractivity contribution in [2.75, 3.05) is 0 Å². The Hall–Kier alpha value is -2.52. The molecule has 0 N–H and O–H groups in total. The van der Waals surface area contributed by atoms with Crippen molar-refractivity contribution in [2.45, 2.75) is 18.9 Å². The maximum Gasteiger partial charge on any atom is 0.266 e. The van der Waals surface area contributed by atoms with Gasteiger partial charge in [0.25, 0.3) is 5.91 Å². The van der Waals surface area contributed by atoms with E-state index in [0.717, 1.165) is 16.7 Å². The Morgan fingerprint density at radius 1 is 1.20 bits per heavy atom. The Balaban J connectivity index is 2.24. The van der Waals surface area contributed by atoms with Gasteiger partial charge in [-0.25, -0.2) is 0 Å². The van der Waals surface area contributed by atoms with Crippen molar-refractivity contribution in [2.24, 2.45) is 0 Å². The molecular weight excluding hydrogens is 366 g/mol. The molecule has 1 amide bonds. The van der Waals surface area contributed by atoms with Gasteiger partial charge < -0.3 is 19.8 Å². The number of hydrogen-bond donors (Lipinski definition) is 0. The van der Waals surface area contributed by atoms with E-state index in [1.807, 2.05) is 0 Å². The van der Waals surface area contributed by atoms with E-state index in [1.54, 1.807) is 24.3 Å². The van der Waals surface area contributed by atoms with Gasteiger partial charge in [0.1, 0.15) is 10.6 Å². The third kappa shape index (κ3) is 4.52. The van der Waals surface area contributed by atoms with E-state index in [2.05, 4.69) is 0 Å². The number of rotatable bonds is 7. The fourth-order valence-corrected chi connectivity index (χ4v) is 3.53. The molecule has 0 aromatic heterocycles. The molecule has 130 valence electrons. The third-order valence-electron chi connectivity index (χ3n) is 3.40. The number of carboxylic acid groups (broad SMARTS) is 2. The molecule has 9 heteroatoms. The van der Waals surface area contributed by atoms with E-state index in [-0.39, 0.29) is 15.6 Å². The van der Waals surface area contributed by atoms with Crippen molar-refractivity contribution in [3.63, 3.8) is 0 Å². The molecule has 1 saturated heterocycles. The number of nitrogens with zero attached hydrogens (tertiary/aromatic N) is 1. The largest absolute Gasteiger partial charge is 0.550 e. The number of thiocarbonyl (C=S) groups is 1. The number of amides is 1. The number of thioether (sulfide) groups is 1. The van der Waals surface area contributed by atoms with Crippen LogP contribution in [-0.4, -0.2) is 39.4 Å². The smallest absolute Gasteiger partial charge is 0.266 e. The van der Waals surface area contributed by atoms with Crippen molar-refractivity contribution >= 4 is 58.5 Å². The van der Waals surface area contributed by atoms with Gasteiger partial charge in [0.05, 0.1) is 16.9 Å². The number of benzene rings is 1. The van der Waals surface area contributed by atoms with Crippen LogP contribution in [-0.2, 0) is 14.4 Å². The zero-order valence-corrected chi connectivity index (χ0v) is 14.3. The molecule has 1 aliphatic heterocycles. The highest BCUT2D eigenvalue weighted by atomic mass is 32.2. The lowest BCUT2D eigenvalue weighted by molar-refractivity contribution is -0.311. The van der Waals surface area contributed by atoms with E-state index >= 15 is 0 Å². The molecule has 1 fully saturated rings. The summed E-state index contributed by atoms with van der Waals surface area (Å²) >= 11 is 5.96. The van der Waals surface area contributed by atoms with Crippen LogP contribution >= 0.6 is 24.0 Å². The number of carbonyl (C=O) groups is 4. The SMILES string of the molecule is O=Cc1ccc(/C=C2\SC(=S)N([C@H](CCC(=O)[O-])C(=O)[O-])C2=O)cc1. The first-order chi connectivity index (χ1) is 11.8. The summed E-state index contributed by atoms with van der Waals surface area (Å²) in [6, 6.07) is 4.92. The highest BCUT2D eigenvalue weighted by molar-refractivity contribution is 8.26. The molecule has 1 heterocycles. The number of carboxylic acids is 2. The second kappa shape index (κ2) is 8.04. The van der Waals surface area contributed by atoms with Gasteiger partial charge in [0.15, 0.2) is 0 Å². The molecule has 0 radical (unpaired) electrons. The minimum atomic E-state index is -1.59. The molecule has 0 bridgehead atoms. The Kier molecular flexibility index (Phi) is 6.05. The van der Waals surface area contributed by atoms with Crippen molar-refractivity contribution in [3.8, 4) is 0 Å². The van der Waals surface area contributed by atoms with Crippen LogP contribution in [0.3, 0.4) is 0 Å². The zero-order valence-electron chi connectivity index (χ0n) is 12.7. The predicted molar refractivity (Wildman–Crippen MR) is 89.9 cm³/mol. The van der Waals surface area contributed by atoms with Gasteiger partial charge in [-0.3, -0.25) is 14.5 Å². The first kappa shape index (κ1) is 18.8. The molecule has 2 rings (SSSR count). The summed E-state index contributed by atoms with van der Waals surface area (Å²) in [6.07, 6.45) is 1.30. The minimum absolute atomic E-state index is 0.00769. The van der Waals surface area contributed by atoms with Crippen molar-refractivity contribution in [1.29, 1.82) is 0 Å². The molecule has 0 saturated carbocycles. The summed E-state index contributed by atoms with van der Waals surface area (Å²) in [4.78, 5) is 46.0. The second-order valence-electron chi connectivity index (χ2n) is 5.08. The van der Waals surface area contributed by atoms with Crippen LogP contribution in [0.1, 0.15) is 28.8 Å². The predicted octanol–water partition coefficient (Wildman–Crippen LogP) is -0.651. The first-order valence-corrected chi connectivity index (χ1v) is 8.29. The average molecular weight is 377 g/mol. The highest BCUT2D eigenvalue weighted by Gasteiger charge is 2.37.